The number of hydrogen-bond acceptors (Lipinski definition) is 4. The number of halogens is 1. The van der Waals surface area contributed by atoms with Crippen LogP contribution in [0.1, 0.15) is 24.9 Å². The first-order valence-corrected chi connectivity index (χ1v) is 5.45. The van der Waals surface area contributed by atoms with Crippen LogP contribution in [0.3, 0.4) is 0 Å². The molecule has 15 heavy (non-hydrogen) atoms. The Morgan fingerprint density at radius 3 is 2.93 bits per heavy atom. The molecule has 1 aromatic heterocycles. The Morgan fingerprint density at radius 2 is 2.40 bits per heavy atom. The minimum absolute atomic E-state index is 0.178. The summed E-state index contributed by atoms with van der Waals surface area (Å²) in [5.41, 5.74) is 6.65. The SMILES string of the molecule is CCOC(=O)C[C@@H](N)c1ccc(Br)nc1. The fourth-order valence-electron chi connectivity index (χ4n) is 1.12. The van der Waals surface area contributed by atoms with Crippen LogP contribution in [0.25, 0.3) is 0 Å². The standard InChI is InChI=1S/C10H13BrN2O2/c1-2-15-10(14)5-8(12)7-3-4-9(11)13-6-7/h3-4,6,8H,2,5,12H2,1H3/t8-/m1/s1. The normalized spacial score (nSPS) is 12.2. The zero-order chi connectivity index (χ0) is 11.3. The third-order valence-electron chi connectivity index (χ3n) is 1.87. The molecule has 82 valence electrons. The summed E-state index contributed by atoms with van der Waals surface area (Å²) >= 11 is 3.23. The number of ether oxygens (including phenoxy) is 1. The number of esters is 1. The molecule has 0 spiro atoms. The van der Waals surface area contributed by atoms with Gasteiger partial charge >= 0.3 is 5.97 Å². The molecular formula is C10H13BrN2O2. The van der Waals surface area contributed by atoms with E-state index in [0.29, 0.717) is 6.61 Å². The van der Waals surface area contributed by atoms with Crippen LogP contribution in [0.2, 0.25) is 0 Å². The molecule has 1 rings (SSSR count). The second-order valence-corrected chi connectivity index (χ2v) is 3.84. The Morgan fingerprint density at radius 1 is 1.67 bits per heavy atom. The highest BCUT2D eigenvalue weighted by Gasteiger charge is 2.12. The molecule has 0 unspecified atom stereocenters. The third-order valence-corrected chi connectivity index (χ3v) is 2.34. The smallest absolute Gasteiger partial charge is 0.307 e. The highest BCUT2D eigenvalue weighted by atomic mass is 79.9. The highest BCUT2D eigenvalue weighted by molar-refractivity contribution is 9.10. The lowest BCUT2D eigenvalue weighted by molar-refractivity contribution is -0.143. The molecule has 0 saturated carbocycles. The van der Waals surface area contributed by atoms with Gasteiger partial charge in [-0.3, -0.25) is 4.79 Å². The van der Waals surface area contributed by atoms with Crippen molar-refractivity contribution in [3.05, 3.63) is 28.5 Å². The van der Waals surface area contributed by atoms with Gasteiger partial charge in [-0.15, -0.1) is 0 Å². The van der Waals surface area contributed by atoms with Gasteiger partial charge in [-0.2, -0.15) is 0 Å². The average molecular weight is 273 g/mol. The van der Waals surface area contributed by atoms with Gasteiger partial charge < -0.3 is 10.5 Å². The lowest BCUT2D eigenvalue weighted by atomic mass is 10.1. The van der Waals surface area contributed by atoms with E-state index in [1.165, 1.54) is 0 Å². The fourth-order valence-corrected chi connectivity index (χ4v) is 1.36. The maximum absolute atomic E-state index is 11.2. The van der Waals surface area contributed by atoms with E-state index in [-0.39, 0.29) is 18.4 Å². The quantitative estimate of drug-likeness (QED) is 0.671. The molecule has 0 amide bonds. The van der Waals surface area contributed by atoms with Gasteiger partial charge in [0.2, 0.25) is 0 Å². The van der Waals surface area contributed by atoms with Crippen LogP contribution in [-0.4, -0.2) is 17.6 Å². The first-order chi connectivity index (χ1) is 7.13. The summed E-state index contributed by atoms with van der Waals surface area (Å²) in [6, 6.07) is 3.27. The summed E-state index contributed by atoms with van der Waals surface area (Å²) in [5, 5.41) is 0. The Kier molecular flexibility index (Phi) is 4.71. The molecule has 0 aliphatic heterocycles. The maximum atomic E-state index is 11.2. The van der Waals surface area contributed by atoms with Crippen LogP contribution in [0.5, 0.6) is 0 Å². The summed E-state index contributed by atoms with van der Waals surface area (Å²) in [6.45, 7) is 2.15. The molecule has 0 bridgehead atoms. The second-order valence-electron chi connectivity index (χ2n) is 3.03. The number of pyridine rings is 1. The fraction of sp³-hybridized carbons (Fsp3) is 0.400. The van der Waals surface area contributed by atoms with Gasteiger partial charge in [-0.05, 0) is 34.5 Å². The lowest BCUT2D eigenvalue weighted by Gasteiger charge is -2.10. The topological polar surface area (TPSA) is 65.2 Å². The molecule has 1 heterocycles. The summed E-state index contributed by atoms with van der Waals surface area (Å²) < 4.78 is 5.55. The monoisotopic (exact) mass is 272 g/mol. The molecule has 0 saturated heterocycles. The largest absolute Gasteiger partial charge is 0.466 e. The van der Waals surface area contributed by atoms with Gasteiger partial charge in [-0.25, -0.2) is 4.98 Å². The van der Waals surface area contributed by atoms with E-state index in [1.54, 1.807) is 19.2 Å². The van der Waals surface area contributed by atoms with Crippen molar-refractivity contribution in [2.24, 2.45) is 5.73 Å². The number of nitrogens with two attached hydrogens (primary N) is 1. The molecule has 0 aromatic carbocycles. The number of carbonyl (C=O) groups is 1. The van der Waals surface area contributed by atoms with Crippen molar-refractivity contribution in [1.82, 2.24) is 4.98 Å². The number of hydrogen-bond donors (Lipinski definition) is 1. The number of nitrogens with zero attached hydrogens (tertiary/aromatic N) is 1. The van der Waals surface area contributed by atoms with E-state index >= 15 is 0 Å². The van der Waals surface area contributed by atoms with Crippen LogP contribution < -0.4 is 5.73 Å². The van der Waals surface area contributed by atoms with Crippen LogP contribution in [0.4, 0.5) is 0 Å². The molecular weight excluding hydrogens is 260 g/mol. The van der Waals surface area contributed by atoms with Gasteiger partial charge in [0.05, 0.1) is 13.0 Å². The molecule has 2 N–H and O–H groups in total. The zero-order valence-corrected chi connectivity index (χ0v) is 10.0. The van der Waals surface area contributed by atoms with Gasteiger partial charge in [-0.1, -0.05) is 6.07 Å². The first kappa shape index (κ1) is 12.1. The van der Waals surface area contributed by atoms with Crippen molar-refractivity contribution >= 4 is 21.9 Å². The summed E-state index contributed by atoms with van der Waals surface area (Å²) in [7, 11) is 0. The van der Waals surface area contributed by atoms with Gasteiger partial charge in [0.15, 0.2) is 0 Å². The Hall–Kier alpha value is -0.940. The summed E-state index contributed by atoms with van der Waals surface area (Å²) in [6.07, 6.45) is 1.82. The van der Waals surface area contributed by atoms with E-state index in [2.05, 4.69) is 20.9 Å². The zero-order valence-electron chi connectivity index (χ0n) is 8.44. The predicted molar refractivity (Wildman–Crippen MR) is 60.1 cm³/mol. The van der Waals surface area contributed by atoms with Crippen LogP contribution in [0.15, 0.2) is 22.9 Å². The minimum atomic E-state index is -0.357. The number of rotatable bonds is 4. The average Bonchev–Trinajstić information content (AvgIpc) is 2.18. The number of aromatic nitrogens is 1. The van der Waals surface area contributed by atoms with Gasteiger partial charge in [0.1, 0.15) is 4.60 Å². The lowest BCUT2D eigenvalue weighted by Crippen LogP contribution is -2.17. The molecule has 0 aliphatic carbocycles. The van der Waals surface area contributed by atoms with Crippen LogP contribution >= 0.6 is 15.9 Å². The molecule has 0 aliphatic rings. The van der Waals surface area contributed by atoms with Crippen molar-refractivity contribution < 1.29 is 9.53 Å². The maximum Gasteiger partial charge on any atom is 0.307 e. The number of carbonyl (C=O) groups excluding carboxylic acids is 1. The van der Waals surface area contributed by atoms with Crippen molar-refractivity contribution in [3.8, 4) is 0 Å². The molecule has 1 aromatic rings. The van der Waals surface area contributed by atoms with Gasteiger partial charge in [0.25, 0.3) is 0 Å². The molecule has 0 fully saturated rings. The van der Waals surface area contributed by atoms with E-state index < -0.39 is 0 Å². The van der Waals surface area contributed by atoms with E-state index in [4.69, 9.17) is 10.5 Å². The molecule has 1 atom stereocenters. The van der Waals surface area contributed by atoms with Crippen molar-refractivity contribution in [3.63, 3.8) is 0 Å². The van der Waals surface area contributed by atoms with Crippen LogP contribution in [0, 0.1) is 0 Å². The third kappa shape index (κ3) is 3.97. The Balaban J connectivity index is 2.57. The van der Waals surface area contributed by atoms with E-state index in [9.17, 15) is 4.79 Å². The molecule has 4 nitrogen and oxygen atoms in total. The van der Waals surface area contributed by atoms with Crippen molar-refractivity contribution in [1.29, 1.82) is 0 Å². The van der Waals surface area contributed by atoms with Crippen LogP contribution in [-0.2, 0) is 9.53 Å². The Labute approximate surface area is 97.0 Å². The van der Waals surface area contributed by atoms with Gasteiger partial charge in [0, 0.05) is 12.2 Å². The molecule has 5 heteroatoms. The Bertz CT molecular complexity index is 327. The second kappa shape index (κ2) is 5.82. The highest BCUT2D eigenvalue weighted by Crippen LogP contribution is 2.15. The summed E-state index contributed by atoms with van der Waals surface area (Å²) in [4.78, 5) is 15.2. The van der Waals surface area contributed by atoms with E-state index in [0.717, 1.165) is 10.2 Å². The van der Waals surface area contributed by atoms with Crippen molar-refractivity contribution in [2.45, 2.75) is 19.4 Å². The van der Waals surface area contributed by atoms with Crippen molar-refractivity contribution in [2.75, 3.05) is 6.61 Å². The predicted octanol–water partition coefficient (Wildman–Crippen LogP) is 1.80. The minimum Gasteiger partial charge on any atom is -0.466 e. The first-order valence-electron chi connectivity index (χ1n) is 4.66. The summed E-state index contributed by atoms with van der Waals surface area (Å²) in [5.74, 6) is -0.284. The molecule has 0 radical (unpaired) electrons. The van der Waals surface area contributed by atoms with E-state index in [1.807, 2.05) is 6.07 Å².